The molecule has 7 nitrogen and oxygen atoms in total. The van der Waals surface area contributed by atoms with Crippen molar-refractivity contribution in [3.63, 3.8) is 0 Å². The fourth-order valence-electron chi connectivity index (χ4n) is 4.70. The molecule has 3 atom stereocenters. The maximum Gasteiger partial charge on any atom is 0.260 e. The summed E-state index contributed by atoms with van der Waals surface area (Å²) in [5.74, 6) is 0.510. The van der Waals surface area contributed by atoms with Gasteiger partial charge in [-0.05, 0) is 28.3 Å². The number of ether oxygens (including phenoxy) is 3. The quantitative estimate of drug-likeness (QED) is 0.386. The fraction of sp³-hybridized carbons (Fsp3) is 0.333. The van der Waals surface area contributed by atoms with Crippen molar-refractivity contribution in [3.05, 3.63) is 106 Å². The zero-order valence-electron chi connectivity index (χ0n) is 21.1. The Hall–Kier alpha value is -3.23. The molecule has 198 valence electrons. The lowest BCUT2D eigenvalue weighted by Gasteiger charge is -2.36. The molecule has 3 aromatic rings. The maximum atomic E-state index is 11.4. The predicted molar refractivity (Wildman–Crippen MR) is 147 cm³/mol. The summed E-state index contributed by atoms with van der Waals surface area (Å²) in [6, 6.07) is 26.3. The molecule has 1 fully saturated rings. The molecule has 0 saturated carbocycles. The van der Waals surface area contributed by atoms with E-state index in [0.29, 0.717) is 37.1 Å². The van der Waals surface area contributed by atoms with Crippen molar-refractivity contribution < 1.29 is 19.0 Å². The first kappa shape index (κ1) is 26.4. The second-order valence-electron chi connectivity index (χ2n) is 9.60. The summed E-state index contributed by atoms with van der Waals surface area (Å²) >= 11 is 6.53. The molecule has 3 aromatic carbocycles. The molecule has 8 heteroatoms. The van der Waals surface area contributed by atoms with E-state index in [4.69, 9.17) is 25.8 Å². The van der Waals surface area contributed by atoms with Crippen molar-refractivity contribution >= 4 is 23.3 Å². The van der Waals surface area contributed by atoms with E-state index in [1.54, 1.807) is 0 Å². The van der Waals surface area contributed by atoms with Gasteiger partial charge >= 0.3 is 0 Å². The molecule has 0 spiro atoms. The molecule has 5 rings (SSSR count). The number of nitrogens with zero attached hydrogens (tertiary/aromatic N) is 1. The van der Waals surface area contributed by atoms with E-state index < -0.39 is 0 Å². The van der Waals surface area contributed by atoms with Gasteiger partial charge in [0.05, 0.1) is 38.1 Å². The van der Waals surface area contributed by atoms with Crippen molar-refractivity contribution in [3.8, 4) is 0 Å². The molecule has 1 saturated heterocycles. The van der Waals surface area contributed by atoms with Gasteiger partial charge in [-0.3, -0.25) is 20.6 Å². The number of rotatable bonds is 10. The minimum atomic E-state index is -0.161. The van der Waals surface area contributed by atoms with Crippen molar-refractivity contribution in [1.29, 1.82) is 0 Å². The predicted octanol–water partition coefficient (Wildman–Crippen LogP) is 4.94. The van der Waals surface area contributed by atoms with Gasteiger partial charge in [-0.25, -0.2) is 0 Å². The Morgan fingerprint density at radius 1 is 0.921 bits per heavy atom. The number of aliphatic imine (C=N–C) groups is 1. The highest BCUT2D eigenvalue weighted by Crippen LogP contribution is 2.35. The zero-order chi connectivity index (χ0) is 26.2. The third kappa shape index (κ3) is 7.42. The first-order chi connectivity index (χ1) is 18.6. The van der Waals surface area contributed by atoms with Gasteiger partial charge < -0.3 is 14.2 Å². The highest BCUT2D eigenvalue weighted by Gasteiger charge is 2.32. The zero-order valence-corrected chi connectivity index (χ0v) is 21.9. The molecular weight excluding hydrogens is 502 g/mol. The normalized spacial score (nSPS) is 21.3. The Bertz CT molecular complexity index is 1240. The van der Waals surface area contributed by atoms with E-state index in [9.17, 15) is 4.79 Å². The number of hydrazine groups is 1. The summed E-state index contributed by atoms with van der Waals surface area (Å²) in [6.07, 6.45) is 1.75. The van der Waals surface area contributed by atoms with Crippen LogP contribution in [0.5, 0.6) is 0 Å². The third-order valence-corrected chi connectivity index (χ3v) is 7.03. The number of carbonyl (C=O) groups is 1. The first-order valence-corrected chi connectivity index (χ1v) is 13.3. The molecule has 2 N–H and O–H groups in total. The van der Waals surface area contributed by atoms with E-state index in [2.05, 4.69) is 46.2 Å². The number of hydrogen-bond donors (Lipinski definition) is 2. The topological polar surface area (TPSA) is 81.2 Å². The van der Waals surface area contributed by atoms with Crippen LogP contribution in [-0.4, -0.2) is 37.1 Å². The average Bonchev–Trinajstić information content (AvgIpc) is 2.95. The Morgan fingerprint density at radius 2 is 1.66 bits per heavy atom. The van der Waals surface area contributed by atoms with E-state index in [0.717, 1.165) is 35.1 Å². The van der Waals surface area contributed by atoms with E-state index in [-0.39, 0.29) is 30.8 Å². The van der Waals surface area contributed by atoms with Gasteiger partial charge in [0.2, 0.25) is 0 Å². The van der Waals surface area contributed by atoms with E-state index in [1.807, 2.05) is 48.5 Å². The summed E-state index contributed by atoms with van der Waals surface area (Å²) < 4.78 is 19.0. The van der Waals surface area contributed by atoms with Crippen LogP contribution in [0.25, 0.3) is 0 Å². The van der Waals surface area contributed by atoms with Crippen LogP contribution in [0, 0.1) is 0 Å². The van der Waals surface area contributed by atoms with Crippen molar-refractivity contribution in [2.24, 2.45) is 4.99 Å². The SMILES string of the molecule is O=C1CN=C(Cc2cc(C3CC(OCc4ccccc4)CC(COCc4ccccc4)O3)ccc2Cl)NN1. The fourth-order valence-corrected chi connectivity index (χ4v) is 4.88. The summed E-state index contributed by atoms with van der Waals surface area (Å²) in [5.41, 5.74) is 9.68. The number of benzene rings is 3. The van der Waals surface area contributed by atoms with Gasteiger partial charge in [-0.1, -0.05) is 84.4 Å². The molecule has 0 radical (unpaired) electrons. The number of nitrogens with one attached hydrogen (secondary N) is 2. The second kappa shape index (κ2) is 13.0. The lowest BCUT2D eigenvalue weighted by atomic mass is 9.94. The number of carbonyl (C=O) groups excluding carboxylic acids is 1. The molecule has 0 aromatic heterocycles. The van der Waals surface area contributed by atoms with E-state index in [1.165, 1.54) is 0 Å². The van der Waals surface area contributed by atoms with Gasteiger partial charge in [0.25, 0.3) is 5.91 Å². The molecule has 0 bridgehead atoms. The molecule has 38 heavy (non-hydrogen) atoms. The summed E-state index contributed by atoms with van der Waals surface area (Å²) in [4.78, 5) is 15.7. The van der Waals surface area contributed by atoms with Crippen LogP contribution in [0.4, 0.5) is 0 Å². The Labute approximate surface area is 228 Å². The number of amidine groups is 1. The van der Waals surface area contributed by atoms with Crippen LogP contribution in [-0.2, 0) is 38.6 Å². The third-order valence-electron chi connectivity index (χ3n) is 6.66. The number of hydrogen-bond acceptors (Lipinski definition) is 6. The van der Waals surface area contributed by atoms with Gasteiger partial charge in [0.15, 0.2) is 0 Å². The van der Waals surface area contributed by atoms with Crippen LogP contribution >= 0.6 is 11.6 Å². The lowest BCUT2D eigenvalue weighted by molar-refractivity contribution is -0.142. The second-order valence-corrected chi connectivity index (χ2v) is 10.0. The molecular formula is C30H32ClN3O4. The smallest absolute Gasteiger partial charge is 0.260 e. The minimum Gasteiger partial charge on any atom is -0.374 e. The van der Waals surface area contributed by atoms with Gasteiger partial charge in [0.1, 0.15) is 12.4 Å². The van der Waals surface area contributed by atoms with Gasteiger partial charge in [0, 0.05) is 24.3 Å². The van der Waals surface area contributed by atoms with Crippen molar-refractivity contribution in [2.75, 3.05) is 13.2 Å². The van der Waals surface area contributed by atoms with E-state index >= 15 is 0 Å². The molecule has 1 amide bonds. The maximum absolute atomic E-state index is 11.4. The summed E-state index contributed by atoms with van der Waals surface area (Å²) in [7, 11) is 0. The minimum absolute atomic E-state index is 0.0259. The van der Waals surface area contributed by atoms with Gasteiger partial charge in [-0.2, -0.15) is 0 Å². The summed E-state index contributed by atoms with van der Waals surface area (Å²) in [5, 5.41) is 0.644. The Morgan fingerprint density at radius 3 is 2.37 bits per heavy atom. The van der Waals surface area contributed by atoms with Gasteiger partial charge in [-0.15, -0.1) is 0 Å². The van der Waals surface area contributed by atoms with Crippen LogP contribution in [0.15, 0.2) is 83.9 Å². The van der Waals surface area contributed by atoms with Crippen LogP contribution in [0.1, 0.15) is 41.2 Å². The Kier molecular flexibility index (Phi) is 9.04. The highest BCUT2D eigenvalue weighted by molar-refractivity contribution is 6.31. The first-order valence-electron chi connectivity index (χ1n) is 12.9. The monoisotopic (exact) mass is 533 g/mol. The van der Waals surface area contributed by atoms with Crippen molar-refractivity contribution in [1.82, 2.24) is 10.9 Å². The molecule has 2 aliphatic rings. The van der Waals surface area contributed by atoms with Crippen molar-refractivity contribution in [2.45, 2.75) is 50.8 Å². The summed E-state index contributed by atoms with van der Waals surface area (Å²) in [6.45, 7) is 1.69. The highest BCUT2D eigenvalue weighted by atomic mass is 35.5. The molecule has 0 aliphatic carbocycles. The number of halogens is 1. The largest absolute Gasteiger partial charge is 0.374 e. The Balaban J connectivity index is 1.28. The van der Waals surface area contributed by atoms with Crippen LogP contribution in [0.2, 0.25) is 5.02 Å². The number of amides is 1. The standard InChI is InChI=1S/C30H32ClN3O4/c31-27-12-11-23(13-24(27)14-29-32-17-30(35)34-33-29)28-16-25(37-19-22-9-5-2-6-10-22)15-26(38-28)20-36-18-21-7-3-1-4-8-21/h1-13,25-26,28H,14-20H2,(H,32,33)(H,34,35). The van der Waals surface area contributed by atoms with Crippen LogP contribution < -0.4 is 10.9 Å². The molecule has 2 aliphatic heterocycles. The average molecular weight is 534 g/mol. The molecule has 3 unspecified atom stereocenters. The lowest BCUT2D eigenvalue weighted by Crippen LogP contribution is -2.47. The molecule has 2 heterocycles. The van der Waals surface area contributed by atoms with Crippen LogP contribution in [0.3, 0.4) is 0 Å².